The second-order valence-electron chi connectivity index (χ2n) is 7.28. The van der Waals surface area contributed by atoms with Crippen LogP contribution in [0.4, 0.5) is 5.00 Å². The van der Waals surface area contributed by atoms with E-state index in [4.69, 9.17) is 9.47 Å². The lowest BCUT2D eigenvalue weighted by Crippen LogP contribution is -2.21. The number of hydrogen-bond donors (Lipinski definition) is 1. The van der Waals surface area contributed by atoms with E-state index in [9.17, 15) is 9.59 Å². The largest absolute Gasteiger partial charge is 0.483 e. The van der Waals surface area contributed by atoms with Crippen molar-refractivity contribution in [1.29, 1.82) is 0 Å². The minimum atomic E-state index is -0.494. The first-order valence-corrected chi connectivity index (χ1v) is 11.4. The molecule has 1 amide bonds. The first-order valence-electron chi connectivity index (χ1n) is 9.81. The molecule has 3 aromatic rings. The number of methoxy groups -OCH3 is 1. The summed E-state index contributed by atoms with van der Waals surface area (Å²) in [5, 5.41) is 3.26. The van der Waals surface area contributed by atoms with Crippen molar-refractivity contribution in [1.82, 2.24) is 0 Å². The van der Waals surface area contributed by atoms with E-state index in [1.54, 1.807) is 0 Å². The van der Waals surface area contributed by atoms with Crippen molar-refractivity contribution in [2.75, 3.05) is 19.0 Å². The number of halogens is 1. The number of esters is 1. The molecule has 0 unspecified atom stereocenters. The number of nitrogens with one attached hydrogen (secondary N) is 1. The van der Waals surface area contributed by atoms with Crippen molar-refractivity contribution in [3.63, 3.8) is 0 Å². The lowest BCUT2D eigenvalue weighted by atomic mass is 10.0. The molecule has 162 valence electrons. The summed E-state index contributed by atoms with van der Waals surface area (Å²) in [5.74, 6) is 0.128. The van der Waals surface area contributed by atoms with Gasteiger partial charge >= 0.3 is 5.97 Å². The third-order valence-electron chi connectivity index (χ3n) is 4.77. The molecule has 0 fully saturated rings. The second-order valence-corrected chi connectivity index (χ2v) is 9.36. The molecule has 0 spiro atoms. The Kier molecular flexibility index (Phi) is 7.51. The summed E-state index contributed by atoms with van der Waals surface area (Å²) in [6.07, 6.45) is 0. The zero-order valence-corrected chi connectivity index (χ0v) is 20.2. The lowest BCUT2D eigenvalue weighted by Gasteiger charge is -2.12. The summed E-state index contributed by atoms with van der Waals surface area (Å²) in [7, 11) is 1.33. The fourth-order valence-corrected chi connectivity index (χ4v) is 4.77. The van der Waals surface area contributed by atoms with Crippen molar-refractivity contribution >= 4 is 44.1 Å². The monoisotopic (exact) mass is 501 g/mol. The number of ether oxygens (including phenoxy) is 2. The number of carbonyl (C=O) groups excluding carboxylic acids is 2. The maximum atomic E-state index is 12.6. The molecule has 0 radical (unpaired) electrons. The quantitative estimate of drug-likeness (QED) is 0.379. The van der Waals surface area contributed by atoms with Gasteiger partial charge in [0.1, 0.15) is 16.3 Å². The molecule has 0 atom stereocenters. The number of hydrogen-bond acceptors (Lipinski definition) is 5. The Morgan fingerprint density at radius 2 is 1.84 bits per heavy atom. The Bertz CT molecular complexity index is 1090. The van der Waals surface area contributed by atoms with Gasteiger partial charge in [0.05, 0.1) is 11.6 Å². The second kappa shape index (κ2) is 10.1. The summed E-state index contributed by atoms with van der Waals surface area (Å²) in [6.45, 7) is 5.96. The van der Waals surface area contributed by atoms with Crippen LogP contribution in [0.15, 0.2) is 53.0 Å². The third-order valence-corrected chi connectivity index (χ3v) is 6.41. The molecule has 5 nitrogen and oxygen atoms in total. The fraction of sp³-hybridized carbons (Fsp3) is 0.250. The summed E-state index contributed by atoms with van der Waals surface area (Å²) in [5.41, 5.74) is 3.18. The van der Waals surface area contributed by atoms with Gasteiger partial charge in [-0.05, 0) is 52.0 Å². The average Bonchev–Trinajstić information content (AvgIpc) is 3.08. The van der Waals surface area contributed by atoms with Gasteiger partial charge in [-0.25, -0.2) is 4.79 Å². The molecule has 1 aromatic heterocycles. The normalized spacial score (nSPS) is 10.8. The highest BCUT2D eigenvalue weighted by molar-refractivity contribution is 9.10. The highest BCUT2D eigenvalue weighted by Crippen LogP contribution is 2.40. The topological polar surface area (TPSA) is 64.6 Å². The predicted molar refractivity (Wildman–Crippen MR) is 128 cm³/mol. The van der Waals surface area contributed by atoms with Gasteiger partial charge in [-0.3, -0.25) is 4.79 Å². The van der Waals surface area contributed by atoms with Crippen LogP contribution in [0, 0.1) is 6.92 Å². The molecular formula is C24H24BrNO4S. The van der Waals surface area contributed by atoms with E-state index in [1.807, 2.05) is 55.5 Å². The summed E-state index contributed by atoms with van der Waals surface area (Å²) < 4.78 is 11.5. The minimum Gasteiger partial charge on any atom is -0.483 e. The van der Waals surface area contributed by atoms with Crippen LogP contribution in [0.5, 0.6) is 5.75 Å². The molecule has 1 N–H and O–H groups in total. The SMILES string of the molecule is COC(=O)c1c(NC(=O)COc2ccc(C(C)C)cc2Br)sc(C)c1-c1ccccc1. The van der Waals surface area contributed by atoms with E-state index in [1.165, 1.54) is 24.0 Å². The Hall–Kier alpha value is -2.64. The molecule has 7 heteroatoms. The van der Waals surface area contributed by atoms with Crippen LogP contribution in [0.3, 0.4) is 0 Å². The fourth-order valence-electron chi connectivity index (χ4n) is 3.18. The molecule has 1 heterocycles. The highest BCUT2D eigenvalue weighted by Gasteiger charge is 2.25. The van der Waals surface area contributed by atoms with Crippen LogP contribution in [0.1, 0.15) is 40.6 Å². The summed E-state index contributed by atoms with van der Waals surface area (Å²) in [4.78, 5) is 26.0. The molecule has 2 aromatic carbocycles. The van der Waals surface area contributed by atoms with Gasteiger partial charge in [0.25, 0.3) is 5.91 Å². The van der Waals surface area contributed by atoms with Crippen LogP contribution in [-0.2, 0) is 9.53 Å². The molecule has 0 saturated heterocycles. The van der Waals surface area contributed by atoms with Crippen molar-refractivity contribution in [2.45, 2.75) is 26.7 Å². The Morgan fingerprint density at radius 1 is 1.13 bits per heavy atom. The number of anilines is 1. The lowest BCUT2D eigenvalue weighted by molar-refractivity contribution is -0.118. The van der Waals surface area contributed by atoms with Gasteiger partial charge in [-0.2, -0.15) is 0 Å². The Balaban J connectivity index is 1.79. The Morgan fingerprint density at radius 3 is 2.45 bits per heavy atom. The highest BCUT2D eigenvalue weighted by atomic mass is 79.9. The van der Waals surface area contributed by atoms with Crippen LogP contribution in [0.2, 0.25) is 0 Å². The van der Waals surface area contributed by atoms with Gasteiger partial charge in [0.2, 0.25) is 0 Å². The van der Waals surface area contributed by atoms with Crippen LogP contribution in [-0.4, -0.2) is 25.6 Å². The molecule has 3 rings (SSSR count). The minimum absolute atomic E-state index is 0.183. The number of benzene rings is 2. The van der Waals surface area contributed by atoms with Crippen molar-refractivity contribution in [3.8, 4) is 16.9 Å². The van der Waals surface area contributed by atoms with E-state index < -0.39 is 5.97 Å². The molecule has 0 aliphatic heterocycles. The summed E-state index contributed by atoms with van der Waals surface area (Å²) >= 11 is 4.84. The molecule has 0 saturated carbocycles. The van der Waals surface area contributed by atoms with Gasteiger partial charge < -0.3 is 14.8 Å². The average molecular weight is 502 g/mol. The van der Waals surface area contributed by atoms with E-state index in [0.29, 0.717) is 22.2 Å². The third kappa shape index (κ3) is 5.35. The van der Waals surface area contributed by atoms with Crippen LogP contribution < -0.4 is 10.1 Å². The van der Waals surface area contributed by atoms with E-state index in [0.717, 1.165) is 20.5 Å². The number of aryl methyl sites for hydroxylation is 1. The summed E-state index contributed by atoms with van der Waals surface area (Å²) in [6, 6.07) is 15.4. The standard InChI is InChI=1S/C24H24BrNO4S/c1-14(2)17-10-11-19(18(25)12-17)30-13-20(27)26-23-22(24(28)29-4)21(15(3)31-23)16-8-6-5-7-9-16/h5-12,14H,13H2,1-4H3,(H,26,27). The van der Waals surface area contributed by atoms with Crippen molar-refractivity contribution in [3.05, 3.63) is 69.0 Å². The number of carbonyl (C=O) groups is 2. The Labute approximate surface area is 194 Å². The van der Waals surface area contributed by atoms with Crippen molar-refractivity contribution in [2.24, 2.45) is 0 Å². The van der Waals surface area contributed by atoms with E-state index in [2.05, 4.69) is 35.1 Å². The molecule has 0 aliphatic carbocycles. The predicted octanol–water partition coefficient (Wildman–Crippen LogP) is 6.41. The van der Waals surface area contributed by atoms with Gasteiger partial charge in [-0.1, -0.05) is 50.2 Å². The molecule has 0 bridgehead atoms. The zero-order chi connectivity index (χ0) is 22.5. The number of thiophene rings is 1. The van der Waals surface area contributed by atoms with E-state index in [-0.39, 0.29) is 12.5 Å². The molecule has 0 aliphatic rings. The van der Waals surface area contributed by atoms with Gasteiger partial charge in [-0.15, -0.1) is 11.3 Å². The van der Waals surface area contributed by atoms with Crippen molar-refractivity contribution < 1.29 is 19.1 Å². The molecular weight excluding hydrogens is 478 g/mol. The first-order chi connectivity index (χ1) is 14.8. The maximum absolute atomic E-state index is 12.6. The van der Waals surface area contributed by atoms with E-state index >= 15 is 0 Å². The van der Waals surface area contributed by atoms with Gasteiger partial charge in [0.15, 0.2) is 6.61 Å². The number of rotatable bonds is 7. The number of amides is 1. The van der Waals surface area contributed by atoms with Crippen LogP contribution in [0.25, 0.3) is 11.1 Å². The smallest absolute Gasteiger partial charge is 0.341 e. The first kappa shape index (κ1) is 23.0. The zero-order valence-electron chi connectivity index (χ0n) is 17.8. The van der Waals surface area contributed by atoms with Gasteiger partial charge in [0, 0.05) is 10.4 Å². The molecule has 31 heavy (non-hydrogen) atoms. The van der Waals surface area contributed by atoms with Crippen LogP contribution >= 0.6 is 27.3 Å². The maximum Gasteiger partial charge on any atom is 0.341 e.